The average molecular weight is 372 g/mol. The van der Waals surface area contributed by atoms with Crippen LogP contribution >= 0.6 is 0 Å². The number of anilines is 1. The molecule has 3 rings (SSSR count). The van der Waals surface area contributed by atoms with E-state index in [-0.39, 0.29) is 18.4 Å². The standard InChI is InChI=1S/C20H28N4O3/c1-14-8-10-20(11-9-14)18(26)24(19(27)22-20)13-17(25)21-12-15-4-6-16(7-5-15)23(2)3/h4-7,14H,8-13H2,1-3H3,(H,21,25)(H,22,27). The normalized spacial score (nSPS) is 24.9. The van der Waals surface area contributed by atoms with Gasteiger partial charge in [0.05, 0.1) is 0 Å². The maximum Gasteiger partial charge on any atom is 0.325 e. The number of rotatable bonds is 5. The predicted molar refractivity (Wildman–Crippen MR) is 103 cm³/mol. The number of imide groups is 1. The van der Waals surface area contributed by atoms with E-state index in [1.807, 2.05) is 43.3 Å². The van der Waals surface area contributed by atoms with Crippen molar-refractivity contribution in [3.63, 3.8) is 0 Å². The van der Waals surface area contributed by atoms with E-state index in [0.717, 1.165) is 29.0 Å². The minimum absolute atomic E-state index is 0.238. The van der Waals surface area contributed by atoms with E-state index in [4.69, 9.17) is 0 Å². The molecule has 0 unspecified atom stereocenters. The molecular weight excluding hydrogens is 344 g/mol. The Morgan fingerprint density at radius 1 is 1.22 bits per heavy atom. The van der Waals surface area contributed by atoms with Gasteiger partial charge in [0.25, 0.3) is 5.91 Å². The molecule has 2 fully saturated rings. The molecule has 4 amide bonds. The molecule has 146 valence electrons. The van der Waals surface area contributed by atoms with Gasteiger partial charge in [-0.2, -0.15) is 0 Å². The molecule has 1 aromatic rings. The second-order valence-corrected chi connectivity index (χ2v) is 7.92. The van der Waals surface area contributed by atoms with Gasteiger partial charge in [0.1, 0.15) is 12.1 Å². The zero-order valence-electron chi connectivity index (χ0n) is 16.2. The van der Waals surface area contributed by atoms with Crippen LogP contribution in [0.15, 0.2) is 24.3 Å². The maximum atomic E-state index is 12.8. The van der Waals surface area contributed by atoms with Crippen molar-refractivity contribution in [2.24, 2.45) is 5.92 Å². The van der Waals surface area contributed by atoms with Crippen molar-refractivity contribution in [2.75, 3.05) is 25.5 Å². The number of carbonyl (C=O) groups is 3. The smallest absolute Gasteiger partial charge is 0.325 e. The molecule has 1 aromatic carbocycles. The highest BCUT2D eigenvalue weighted by atomic mass is 16.2. The zero-order valence-corrected chi connectivity index (χ0v) is 16.2. The Balaban J connectivity index is 1.54. The van der Waals surface area contributed by atoms with E-state index in [0.29, 0.717) is 25.3 Å². The molecule has 2 N–H and O–H groups in total. The van der Waals surface area contributed by atoms with Gasteiger partial charge in [0, 0.05) is 26.3 Å². The number of nitrogens with one attached hydrogen (secondary N) is 2. The van der Waals surface area contributed by atoms with E-state index in [1.165, 1.54) is 0 Å². The van der Waals surface area contributed by atoms with Crippen LogP contribution < -0.4 is 15.5 Å². The van der Waals surface area contributed by atoms with Crippen molar-refractivity contribution in [3.8, 4) is 0 Å². The molecule has 27 heavy (non-hydrogen) atoms. The minimum Gasteiger partial charge on any atom is -0.378 e. The Kier molecular flexibility index (Phi) is 5.39. The van der Waals surface area contributed by atoms with Crippen molar-refractivity contribution in [1.29, 1.82) is 0 Å². The van der Waals surface area contributed by atoms with Gasteiger partial charge in [-0.25, -0.2) is 4.79 Å². The van der Waals surface area contributed by atoms with Crippen molar-refractivity contribution >= 4 is 23.5 Å². The third-order valence-electron chi connectivity index (χ3n) is 5.62. The Hall–Kier alpha value is -2.57. The number of nitrogens with zero attached hydrogens (tertiary/aromatic N) is 2. The first-order valence-corrected chi connectivity index (χ1v) is 9.48. The van der Waals surface area contributed by atoms with Gasteiger partial charge >= 0.3 is 6.03 Å². The third kappa shape index (κ3) is 4.07. The Morgan fingerprint density at radius 2 is 1.85 bits per heavy atom. The SMILES string of the molecule is CC1CCC2(CC1)NC(=O)N(CC(=O)NCc1ccc(N(C)C)cc1)C2=O. The first-order chi connectivity index (χ1) is 12.8. The van der Waals surface area contributed by atoms with Gasteiger partial charge in [-0.3, -0.25) is 14.5 Å². The van der Waals surface area contributed by atoms with Gasteiger partial charge in [0.15, 0.2) is 0 Å². The Morgan fingerprint density at radius 3 is 2.44 bits per heavy atom. The summed E-state index contributed by atoms with van der Waals surface area (Å²) in [5, 5.41) is 5.63. The fourth-order valence-corrected chi connectivity index (χ4v) is 3.73. The largest absolute Gasteiger partial charge is 0.378 e. The van der Waals surface area contributed by atoms with Gasteiger partial charge in [-0.05, 0) is 49.3 Å². The number of hydrogen-bond donors (Lipinski definition) is 2. The molecule has 7 heteroatoms. The van der Waals surface area contributed by atoms with Crippen LogP contribution in [0, 0.1) is 5.92 Å². The van der Waals surface area contributed by atoms with Gasteiger partial charge < -0.3 is 15.5 Å². The fraction of sp³-hybridized carbons (Fsp3) is 0.550. The lowest BCUT2D eigenvalue weighted by atomic mass is 9.77. The van der Waals surface area contributed by atoms with Crippen LogP contribution in [0.1, 0.15) is 38.2 Å². The second kappa shape index (κ2) is 7.58. The zero-order chi connectivity index (χ0) is 19.6. The lowest BCUT2D eigenvalue weighted by Crippen LogP contribution is -2.49. The summed E-state index contributed by atoms with van der Waals surface area (Å²) in [7, 11) is 3.93. The van der Waals surface area contributed by atoms with Crippen LogP contribution in [0.25, 0.3) is 0 Å². The average Bonchev–Trinajstić information content (AvgIpc) is 2.87. The van der Waals surface area contributed by atoms with Crippen LogP contribution in [0.5, 0.6) is 0 Å². The van der Waals surface area contributed by atoms with E-state index < -0.39 is 11.6 Å². The lowest BCUT2D eigenvalue weighted by molar-refractivity contribution is -0.136. The van der Waals surface area contributed by atoms with Crippen molar-refractivity contribution in [3.05, 3.63) is 29.8 Å². The molecule has 0 bridgehead atoms. The molecule has 0 aromatic heterocycles. The maximum absolute atomic E-state index is 12.8. The molecule has 1 spiro atoms. The molecule has 1 aliphatic carbocycles. The van der Waals surface area contributed by atoms with Crippen LogP contribution in [0.2, 0.25) is 0 Å². The third-order valence-corrected chi connectivity index (χ3v) is 5.62. The summed E-state index contributed by atoms with van der Waals surface area (Å²) >= 11 is 0. The predicted octanol–water partition coefficient (Wildman–Crippen LogP) is 1.87. The van der Waals surface area contributed by atoms with Crippen molar-refractivity contribution < 1.29 is 14.4 Å². The Bertz CT molecular complexity index is 721. The number of hydrogen-bond acceptors (Lipinski definition) is 4. The summed E-state index contributed by atoms with van der Waals surface area (Å²) in [6.07, 6.45) is 3.12. The Labute approximate surface area is 160 Å². The van der Waals surface area contributed by atoms with Crippen LogP contribution in [0.3, 0.4) is 0 Å². The van der Waals surface area contributed by atoms with E-state index in [1.54, 1.807) is 0 Å². The van der Waals surface area contributed by atoms with Crippen LogP contribution in [-0.2, 0) is 16.1 Å². The quantitative estimate of drug-likeness (QED) is 0.773. The van der Waals surface area contributed by atoms with E-state index in [2.05, 4.69) is 17.6 Å². The van der Waals surface area contributed by atoms with Crippen molar-refractivity contribution in [1.82, 2.24) is 15.5 Å². The molecule has 1 aliphatic heterocycles. The first kappa shape index (κ1) is 19.2. The molecule has 1 saturated heterocycles. The van der Waals surface area contributed by atoms with Gasteiger partial charge in [0.2, 0.25) is 5.91 Å². The molecule has 2 aliphatic rings. The number of benzene rings is 1. The molecule has 1 heterocycles. The summed E-state index contributed by atoms with van der Waals surface area (Å²) in [4.78, 5) is 40.4. The molecule has 0 radical (unpaired) electrons. The van der Waals surface area contributed by atoms with Crippen LogP contribution in [0.4, 0.5) is 10.5 Å². The summed E-state index contributed by atoms with van der Waals surface area (Å²) in [6, 6.07) is 7.39. The topological polar surface area (TPSA) is 81.8 Å². The highest BCUT2D eigenvalue weighted by molar-refractivity contribution is 6.09. The number of amides is 4. The van der Waals surface area contributed by atoms with Crippen molar-refractivity contribution in [2.45, 2.75) is 44.7 Å². The summed E-state index contributed by atoms with van der Waals surface area (Å²) in [5.41, 5.74) is 1.24. The molecule has 1 saturated carbocycles. The molecular formula is C20H28N4O3. The van der Waals surface area contributed by atoms with E-state index >= 15 is 0 Å². The minimum atomic E-state index is -0.800. The van der Waals surface area contributed by atoms with Gasteiger partial charge in [-0.15, -0.1) is 0 Å². The number of carbonyl (C=O) groups excluding carboxylic acids is 3. The first-order valence-electron chi connectivity index (χ1n) is 9.48. The second-order valence-electron chi connectivity index (χ2n) is 7.92. The summed E-state index contributed by atoms with van der Waals surface area (Å²) < 4.78 is 0. The monoisotopic (exact) mass is 372 g/mol. The highest BCUT2D eigenvalue weighted by Crippen LogP contribution is 2.36. The van der Waals surface area contributed by atoms with Gasteiger partial charge in [-0.1, -0.05) is 19.1 Å². The van der Waals surface area contributed by atoms with E-state index in [9.17, 15) is 14.4 Å². The fourth-order valence-electron chi connectivity index (χ4n) is 3.73. The highest BCUT2D eigenvalue weighted by Gasteiger charge is 2.52. The lowest BCUT2D eigenvalue weighted by Gasteiger charge is -2.33. The molecule has 7 nitrogen and oxygen atoms in total. The number of urea groups is 1. The molecule has 0 atom stereocenters. The summed E-state index contributed by atoms with van der Waals surface area (Å²) in [6.45, 7) is 2.28. The van der Waals surface area contributed by atoms with Crippen LogP contribution in [-0.4, -0.2) is 48.9 Å². The summed E-state index contributed by atoms with van der Waals surface area (Å²) in [5.74, 6) is -0.0298.